The molecule has 340 valence electrons. The van der Waals surface area contributed by atoms with Crippen LogP contribution in [-0.4, -0.2) is 98.3 Å². The lowest BCUT2D eigenvalue weighted by molar-refractivity contribution is -0.220. The number of carbonyl (C=O) groups excluding carboxylic acids is 2. The molecule has 0 heterocycles. The third-order valence-electron chi connectivity index (χ3n) is 10.5. The van der Waals surface area contributed by atoms with Crippen LogP contribution in [0.3, 0.4) is 0 Å². The maximum Gasteiger partial charge on any atom is 0.472 e. The van der Waals surface area contributed by atoms with Crippen LogP contribution in [-0.2, 0) is 32.7 Å². The highest BCUT2D eigenvalue weighted by atomic mass is 31.2. The van der Waals surface area contributed by atoms with E-state index in [9.17, 15) is 44.6 Å². The number of rotatable bonds is 37. The van der Waals surface area contributed by atoms with Crippen molar-refractivity contribution in [2.75, 3.05) is 13.2 Å². The second-order valence-corrected chi connectivity index (χ2v) is 17.3. The van der Waals surface area contributed by atoms with Gasteiger partial charge in [-0.2, -0.15) is 0 Å². The quantitative estimate of drug-likeness (QED) is 0.0150. The summed E-state index contributed by atoms with van der Waals surface area (Å²) in [5.41, 5.74) is 0. The average molecular weight is 849 g/mol. The smallest absolute Gasteiger partial charge is 0.462 e. The van der Waals surface area contributed by atoms with Crippen molar-refractivity contribution >= 4 is 19.8 Å². The number of unbranched alkanes of at least 4 members (excludes halogenated alkanes) is 21. The number of aliphatic hydroxyl groups is 5. The van der Waals surface area contributed by atoms with Crippen LogP contribution >= 0.6 is 7.82 Å². The number of esters is 2. The van der Waals surface area contributed by atoms with E-state index in [4.69, 9.17) is 18.5 Å². The Labute approximate surface area is 349 Å². The summed E-state index contributed by atoms with van der Waals surface area (Å²) in [4.78, 5) is 35.6. The lowest BCUT2D eigenvalue weighted by atomic mass is 9.85. The van der Waals surface area contributed by atoms with Gasteiger partial charge in [0.05, 0.1) is 6.61 Å². The van der Waals surface area contributed by atoms with Gasteiger partial charge >= 0.3 is 19.8 Å². The van der Waals surface area contributed by atoms with E-state index in [1.165, 1.54) is 83.5 Å². The Bertz CT molecular complexity index is 1120. The van der Waals surface area contributed by atoms with Gasteiger partial charge in [-0.25, -0.2) is 4.57 Å². The first-order valence-corrected chi connectivity index (χ1v) is 24.1. The molecule has 0 radical (unpaired) electrons. The Morgan fingerprint density at radius 3 is 1.33 bits per heavy atom. The number of hydrogen-bond donors (Lipinski definition) is 6. The van der Waals surface area contributed by atoms with Crippen LogP contribution < -0.4 is 0 Å². The number of phosphoric ester groups is 1. The number of phosphoric acid groups is 1. The molecule has 0 aromatic carbocycles. The standard InChI is InChI=1S/C44H81O13P/c1-3-5-7-9-11-13-15-17-19-21-23-25-27-29-31-33-38(46)56-36(35-55-58(52,53)57-44-42(50)40(48)39(47)41(49)43(44)51)34-54-37(45)32-30-28-26-24-22-20-18-16-14-12-10-8-6-4-2/h16,18,21,23,36,39-44,47-51H,3-15,17,19-20,22,24-35H2,1-2H3,(H,52,53)/b18-16+,23-21+/t36-,39?,40+,41?,42?,43?,44?/m1/s1. The van der Waals surface area contributed by atoms with E-state index in [-0.39, 0.29) is 12.8 Å². The van der Waals surface area contributed by atoms with Gasteiger partial charge in [0.2, 0.25) is 0 Å². The number of hydrogen-bond acceptors (Lipinski definition) is 12. The monoisotopic (exact) mass is 849 g/mol. The second kappa shape index (κ2) is 35.0. The molecular weight excluding hydrogens is 767 g/mol. The number of ether oxygens (including phenoxy) is 2. The molecule has 0 aromatic heterocycles. The van der Waals surface area contributed by atoms with Gasteiger partial charge in [0.15, 0.2) is 6.10 Å². The Balaban J connectivity index is 2.49. The Morgan fingerprint density at radius 2 is 0.879 bits per heavy atom. The molecule has 0 amide bonds. The van der Waals surface area contributed by atoms with E-state index < -0.39 is 75.7 Å². The van der Waals surface area contributed by atoms with Crippen molar-refractivity contribution in [1.82, 2.24) is 0 Å². The van der Waals surface area contributed by atoms with E-state index in [1.807, 2.05) is 0 Å². The molecule has 0 saturated heterocycles. The third-order valence-corrected chi connectivity index (χ3v) is 11.5. The van der Waals surface area contributed by atoms with Crippen LogP contribution in [0.15, 0.2) is 24.3 Å². The molecule has 1 aliphatic rings. The van der Waals surface area contributed by atoms with Crippen LogP contribution in [0.4, 0.5) is 0 Å². The van der Waals surface area contributed by atoms with Gasteiger partial charge in [0, 0.05) is 12.8 Å². The first-order valence-electron chi connectivity index (χ1n) is 22.6. The van der Waals surface area contributed by atoms with Gasteiger partial charge in [0.1, 0.15) is 43.2 Å². The van der Waals surface area contributed by atoms with Gasteiger partial charge in [0.25, 0.3) is 0 Å². The fourth-order valence-electron chi connectivity index (χ4n) is 6.81. The second-order valence-electron chi connectivity index (χ2n) is 15.9. The van der Waals surface area contributed by atoms with Crippen LogP contribution in [0.5, 0.6) is 0 Å². The van der Waals surface area contributed by atoms with Crippen LogP contribution in [0, 0.1) is 0 Å². The van der Waals surface area contributed by atoms with E-state index in [0.717, 1.165) is 64.2 Å². The topological polar surface area (TPSA) is 210 Å². The zero-order chi connectivity index (χ0) is 42.9. The molecule has 1 aliphatic carbocycles. The number of aliphatic hydroxyl groups excluding tert-OH is 5. The number of allylic oxidation sites excluding steroid dienone is 4. The summed E-state index contributed by atoms with van der Waals surface area (Å²) < 4.78 is 33.5. The molecule has 1 fully saturated rings. The summed E-state index contributed by atoms with van der Waals surface area (Å²) in [7, 11) is -5.12. The number of carbonyl (C=O) groups is 2. The molecule has 6 N–H and O–H groups in total. The van der Waals surface area contributed by atoms with Crippen molar-refractivity contribution in [2.24, 2.45) is 0 Å². The fraction of sp³-hybridized carbons (Fsp3) is 0.864. The molecule has 14 heteroatoms. The molecule has 6 unspecified atom stereocenters. The lowest BCUT2D eigenvalue weighted by Gasteiger charge is -2.41. The van der Waals surface area contributed by atoms with Gasteiger partial charge in [-0.1, -0.05) is 134 Å². The minimum Gasteiger partial charge on any atom is -0.462 e. The SMILES string of the molecule is CCCCCCC/C=C/CCCCCCCC(=O)OC[C@H](COP(=O)(O)OC1C(O)C(O)C(O)[C@H](O)C1O)OC(=O)CCCCC/C=C/CCCCCCCCCC. The van der Waals surface area contributed by atoms with Crippen molar-refractivity contribution in [2.45, 2.75) is 230 Å². The Kier molecular flexibility index (Phi) is 32.8. The first kappa shape index (κ1) is 54.3. The van der Waals surface area contributed by atoms with Crippen molar-refractivity contribution in [3.8, 4) is 0 Å². The maximum atomic E-state index is 12.8. The molecule has 58 heavy (non-hydrogen) atoms. The van der Waals surface area contributed by atoms with Crippen molar-refractivity contribution in [3.63, 3.8) is 0 Å². The van der Waals surface area contributed by atoms with E-state index >= 15 is 0 Å². The molecule has 13 nitrogen and oxygen atoms in total. The summed E-state index contributed by atoms with van der Waals surface area (Å²) in [5.74, 6) is -1.12. The van der Waals surface area contributed by atoms with E-state index in [0.29, 0.717) is 12.8 Å². The average Bonchev–Trinajstić information content (AvgIpc) is 3.20. The fourth-order valence-corrected chi connectivity index (χ4v) is 7.78. The highest BCUT2D eigenvalue weighted by Crippen LogP contribution is 2.47. The summed E-state index contributed by atoms with van der Waals surface area (Å²) in [6.07, 6.45) is 23.8. The molecule has 8 atom stereocenters. The Morgan fingerprint density at radius 1 is 0.517 bits per heavy atom. The third kappa shape index (κ3) is 27.2. The van der Waals surface area contributed by atoms with Crippen LogP contribution in [0.25, 0.3) is 0 Å². The normalized spacial score (nSPS) is 22.7. The highest BCUT2D eigenvalue weighted by Gasteiger charge is 2.51. The predicted molar refractivity (Wildman–Crippen MR) is 226 cm³/mol. The zero-order valence-corrected chi connectivity index (χ0v) is 36.7. The van der Waals surface area contributed by atoms with E-state index in [1.54, 1.807) is 0 Å². The van der Waals surface area contributed by atoms with Crippen molar-refractivity contribution in [3.05, 3.63) is 24.3 Å². The van der Waals surface area contributed by atoms with E-state index in [2.05, 4.69) is 38.2 Å². The largest absolute Gasteiger partial charge is 0.472 e. The Hall–Kier alpha value is -1.67. The van der Waals surface area contributed by atoms with Crippen molar-refractivity contribution in [1.29, 1.82) is 0 Å². The summed E-state index contributed by atoms with van der Waals surface area (Å²) >= 11 is 0. The molecule has 0 bridgehead atoms. The van der Waals surface area contributed by atoms with Crippen molar-refractivity contribution < 1.29 is 63.1 Å². The molecular formula is C44H81O13P. The molecule has 0 aliphatic heterocycles. The van der Waals surface area contributed by atoms with Crippen LogP contribution in [0.1, 0.15) is 187 Å². The minimum atomic E-state index is -5.12. The van der Waals surface area contributed by atoms with Gasteiger partial charge in [-0.3, -0.25) is 18.6 Å². The first-order chi connectivity index (χ1) is 27.9. The van der Waals surface area contributed by atoms with Gasteiger partial charge in [-0.05, 0) is 64.2 Å². The highest BCUT2D eigenvalue weighted by molar-refractivity contribution is 7.47. The minimum absolute atomic E-state index is 0.0765. The molecule has 0 spiro atoms. The van der Waals surface area contributed by atoms with Gasteiger partial charge in [-0.15, -0.1) is 0 Å². The molecule has 1 saturated carbocycles. The summed E-state index contributed by atoms with van der Waals surface area (Å²) in [6, 6.07) is 0. The molecule has 0 aromatic rings. The van der Waals surface area contributed by atoms with Gasteiger partial charge < -0.3 is 39.9 Å². The zero-order valence-electron chi connectivity index (χ0n) is 35.8. The van der Waals surface area contributed by atoms with Crippen LogP contribution in [0.2, 0.25) is 0 Å². The predicted octanol–water partition coefficient (Wildman–Crippen LogP) is 8.45. The lowest BCUT2D eigenvalue weighted by Crippen LogP contribution is -2.64. The maximum absolute atomic E-state index is 12.8. The summed E-state index contributed by atoms with van der Waals surface area (Å²) in [6.45, 7) is 3.26. The molecule has 1 rings (SSSR count). The summed E-state index contributed by atoms with van der Waals surface area (Å²) in [5, 5.41) is 50.1.